The molecule has 2 rings (SSSR count). The number of nitrogens with one attached hydrogen (secondary N) is 1. The molecule has 0 radical (unpaired) electrons. The van der Waals surface area contributed by atoms with Crippen molar-refractivity contribution in [3.8, 4) is 11.5 Å². The normalized spacial score (nSPS) is 11.5. The van der Waals surface area contributed by atoms with Crippen LogP contribution in [0.2, 0.25) is 0 Å². The molecule has 1 atom stereocenters. The van der Waals surface area contributed by atoms with Gasteiger partial charge in [-0.3, -0.25) is 4.79 Å². The maximum atomic E-state index is 12.2. The number of benzene rings is 2. The van der Waals surface area contributed by atoms with Crippen LogP contribution in [0.4, 0.5) is 0 Å². The second-order valence-electron chi connectivity index (χ2n) is 6.40. The third-order valence-electron chi connectivity index (χ3n) is 4.38. The number of methoxy groups -OCH3 is 1. The molecule has 0 aliphatic rings. The molecule has 0 spiro atoms. The first-order valence-electron chi connectivity index (χ1n) is 8.71. The van der Waals surface area contributed by atoms with E-state index in [0.29, 0.717) is 11.5 Å². The highest BCUT2D eigenvalue weighted by atomic mass is 16.5. The number of hydrogen-bond acceptors (Lipinski definition) is 3. The SMILES string of the molecule is C=CCc1ccc(OCC(=O)NC(C)c2ccc(C)c(C)c2)c(OC)c1. The highest BCUT2D eigenvalue weighted by Gasteiger charge is 2.12. The number of carbonyl (C=O) groups is 1. The van der Waals surface area contributed by atoms with E-state index in [1.54, 1.807) is 7.11 Å². The molecule has 26 heavy (non-hydrogen) atoms. The van der Waals surface area contributed by atoms with Gasteiger partial charge in [0, 0.05) is 0 Å². The van der Waals surface area contributed by atoms with E-state index in [-0.39, 0.29) is 18.6 Å². The average molecular weight is 353 g/mol. The van der Waals surface area contributed by atoms with Gasteiger partial charge in [0.1, 0.15) is 0 Å². The summed E-state index contributed by atoms with van der Waals surface area (Å²) < 4.78 is 11.0. The van der Waals surface area contributed by atoms with Crippen LogP contribution in [0.15, 0.2) is 49.1 Å². The van der Waals surface area contributed by atoms with Gasteiger partial charge in [0.2, 0.25) is 0 Å². The van der Waals surface area contributed by atoms with E-state index in [9.17, 15) is 4.79 Å². The Balaban J connectivity index is 1.95. The third kappa shape index (κ3) is 5.12. The second kappa shape index (κ2) is 9.09. The summed E-state index contributed by atoms with van der Waals surface area (Å²) in [7, 11) is 1.59. The molecule has 0 bridgehead atoms. The minimum atomic E-state index is -0.173. The van der Waals surface area contributed by atoms with Gasteiger partial charge in [0.05, 0.1) is 13.2 Å². The van der Waals surface area contributed by atoms with Crippen LogP contribution >= 0.6 is 0 Å². The molecule has 0 aromatic heterocycles. The number of amides is 1. The molecule has 2 aromatic rings. The fraction of sp³-hybridized carbons (Fsp3) is 0.318. The van der Waals surface area contributed by atoms with E-state index >= 15 is 0 Å². The molecule has 0 saturated heterocycles. The fourth-order valence-corrected chi connectivity index (χ4v) is 2.67. The lowest BCUT2D eigenvalue weighted by Crippen LogP contribution is -2.31. The van der Waals surface area contributed by atoms with Gasteiger partial charge < -0.3 is 14.8 Å². The predicted octanol–water partition coefficient (Wildman–Crippen LogP) is 4.30. The fourth-order valence-electron chi connectivity index (χ4n) is 2.67. The van der Waals surface area contributed by atoms with Crippen LogP contribution in [0.3, 0.4) is 0 Å². The number of ether oxygens (including phenoxy) is 2. The van der Waals surface area contributed by atoms with E-state index < -0.39 is 0 Å². The van der Waals surface area contributed by atoms with Crippen molar-refractivity contribution in [1.29, 1.82) is 0 Å². The Morgan fingerprint density at radius 2 is 1.92 bits per heavy atom. The molecular formula is C22H27NO3. The molecular weight excluding hydrogens is 326 g/mol. The Morgan fingerprint density at radius 1 is 1.15 bits per heavy atom. The van der Waals surface area contributed by atoms with Gasteiger partial charge in [-0.2, -0.15) is 0 Å². The Bertz CT molecular complexity index is 783. The predicted molar refractivity (Wildman–Crippen MR) is 105 cm³/mol. The van der Waals surface area contributed by atoms with Crippen molar-refractivity contribution in [1.82, 2.24) is 5.32 Å². The third-order valence-corrected chi connectivity index (χ3v) is 4.38. The van der Waals surface area contributed by atoms with E-state index in [4.69, 9.17) is 9.47 Å². The summed E-state index contributed by atoms with van der Waals surface area (Å²) >= 11 is 0. The van der Waals surface area contributed by atoms with E-state index in [1.165, 1.54) is 11.1 Å². The van der Waals surface area contributed by atoms with Crippen LogP contribution in [0.1, 0.15) is 35.2 Å². The lowest BCUT2D eigenvalue weighted by Gasteiger charge is -2.17. The molecule has 1 N–H and O–H groups in total. The van der Waals surface area contributed by atoms with Crippen molar-refractivity contribution in [3.05, 3.63) is 71.3 Å². The smallest absolute Gasteiger partial charge is 0.258 e. The minimum Gasteiger partial charge on any atom is -0.493 e. The maximum Gasteiger partial charge on any atom is 0.258 e. The number of aryl methyl sites for hydroxylation is 2. The largest absolute Gasteiger partial charge is 0.493 e. The van der Waals surface area contributed by atoms with Crippen LogP contribution < -0.4 is 14.8 Å². The van der Waals surface area contributed by atoms with Crippen molar-refractivity contribution < 1.29 is 14.3 Å². The van der Waals surface area contributed by atoms with E-state index in [2.05, 4.69) is 37.9 Å². The standard InChI is InChI=1S/C22H27NO3/c1-6-7-18-9-11-20(21(13-18)25-5)26-14-22(24)23-17(4)19-10-8-15(2)16(3)12-19/h6,8-13,17H,1,7,14H2,2-5H3,(H,23,24). The van der Waals surface area contributed by atoms with E-state index in [1.807, 2.05) is 37.3 Å². The van der Waals surface area contributed by atoms with Crippen molar-refractivity contribution in [2.45, 2.75) is 33.2 Å². The molecule has 1 unspecified atom stereocenters. The van der Waals surface area contributed by atoms with Crippen LogP contribution in [0.25, 0.3) is 0 Å². The molecule has 1 amide bonds. The maximum absolute atomic E-state index is 12.2. The first kappa shape index (κ1) is 19.6. The Hall–Kier alpha value is -2.75. The molecule has 4 heteroatoms. The van der Waals surface area contributed by atoms with Gasteiger partial charge >= 0.3 is 0 Å². The highest BCUT2D eigenvalue weighted by Crippen LogP contribution is 2.28. The van der Waals surface area contributed by atoms with Gasteiger partial charge in [-0.25, -0.2) is 0 Å². The van der Waals surface area contributed by atoms with Crippen LogP contribution in [0, 0.1) is 13.8 Å². The van der Waals surface area contributed by atoms with Crippen LogP contribution in [0.5, 0.6) is 11.5 Å². The van der Waals surface area contributed by atoms with Crippen molar-refractivity contribution in [2.75, 3.05) is 13.7 Å². The Labute approximate surface area is 155 Å². The first-order chi connectivity index (χ1) is 12.4. The van der Waals surface area contributed by atoms with Crippen molar-refractivity contribution in [3.63, 3.8) is 0 Å². The average Bonchev–Trinajstić information content (AvgIpc) is 2.62. The van der Waals surface area contributed by atoms with Gasteiger partial charge in [0.25, 0.3) is 5.91 Å². The lowest BCUT2D eigenvalue weighted by atomic mass is 10.0. The van der Waals surface area contributed by atoms with Crippen LogP contribution in [-0.2, 0) is 11.2 Å². The van der Waals surface area contributed by atoms with Crippen molar-refractivity contribution in [2.24, 2.45) is 0 Å². The first-order valence-corrected chi connectivity index (χ1v) is 8.71. The molecule has 0 aliphatic heterocycles. The molecule has 0 aliphatic carbocycles. The summed E-state index contributed by atoms with van der Waals surface area (Å²) in [5.41, 5.74) is 4.61. The summed E-state index contributed by atoms with van der Waals surface area (Å²) in [5.74, 6) is 0.988. The molecule has 138 valence electrons. The second-order valence-corrected chi connectivity index (χ2v) is 6.40. The molecule has 4 nitrogen and oxygen atoms in total. The quantitative estimate of drug-likeness (QED) is 0.720. The van der Waals surface area contributed by atoms with Crippen LogP contribution in [-0.4, -0.2) is 19.6 Å². The Morgan fingerprint density at radius 3 is 2.58 bits per heavy atom. The number of allylic oxidation sites excluding steroid dienone is 1. The molecule has 0 saturated carbocycles. The minimum absolute atomic E-state index is 0.0631. The summed E-state index contributed by atoms with van der Waals surface area (Å²) in [6.45, 7) is 9.77. The summed E-state index contributed by atoms with van der Waals surface area (Å²) in [5, 5.41) is 2.96. The highest BCUT2D eigenvalue weighted by molar-refractivity contribution is 5.78. The van der Waals surface area contributed by atoms with Gasteiger partial charge in [-0.1, -0.05) is 30.3 Å². The number of rotatable bonds is 8. The van der Waals surface area contributed by atoms with Gasteiger partial charge in [0.15, 0.2) is 18.1 Å². The summed E-state index contributed by atoms with van der Waals surface area (Å²) in [6.07, 6.45) is 2.58. The topological polar surface area (TPSA) is 47.6 Å². The molecule has 0 fully saturated rings. The monoisotopic (exact) mass is 353 g/mol. The summed E-state index contributed by atoms with van der Waals surface area (Å²) in [4.78, 5) is 12.2. The number of hydrogen-bond donors (Lipinski definition) is 1. The van der Waals surface area contributed by atoms with E-state index in [0.717, 1.165) is 17.5 Å². The summed E-state index contributed by atoms with van der Waals surface area (Å²) in [6, 6.07) is 11.8. The zero-order valence-corrected chi connectivity index (χ0v) is 16.0. The zero-order chi connectivity index (χ0) is 19.1. The van der Waals surface area contributed by atoms with Gasteiger partial charge in [-0.05, 0) is 61.6 Å². The van der Waals surface area contributed by atoms with Gasteiger partial charge in [-0.15, -0.1) is 6.58 Å². The molecule has 2 aromatic carbocycles. The lowest BCUT2D eigenvalue weighted by molar-refractivity contribution is -0.123. The number of carbonyl (C=O) groups excluding carboxylic acids is 1. The zero-order valence-electron chi connectivity index (χ0n) is 16.0. The Kier molecular flexibility index (Phi) is 6.84. The molecule has 0 heterocycles. The van der Waals surface area contributed by atoms with Crippen molar-refractivity contribution >= 4 is 5.91 Å².